The number of urea groups is 1. The lowest BCUT2D eigenvalue weighted by atomic mass is 10.0. The minimum absolute atomic E-state index is 0.0442. The van der Waals surface area contributed by atoms with Crippen molar-refractivity contribution in [3.63, 3.8) is 0 Å². The Hall–Kier alpha value is -4.81. The lowest BCUT2D eigenvalue weighted by Crippen LogP contribution is -2.19. The fourth-order valence-corrected chi connectivity index (χ4v) is 4.06. The van der Waals surface area contributed by atoms with Gasteiger partial charge in [-0.1, -0.05) is 18.2 Å². The molecule has 1 fully saturated rings. The van der Waals surface area contributed by atoms with Gasteiger partial charge in [-0.25, -0.2) is 19.3 Å². The van der Waals surface area contributed by atoms with Gasteiger partial charge in [-0.15, -0.1) is 0 Å². The van der Waals surface area contributed by atoms with Crippen LogP contribution in [0.3, 0.4) is 0 Å². The zero-order valence-electron chi connectivity index (χ0n) is 21.7. The van der Waals surface area contributed by atoms with Crippen LogP contribution in [0, 0.1) is 0 Å². The largest absolute Gasteiger partial charge is 0.465 e. The normalized spacial score (nSPS) is 12.8. The highest BCUT2D eigenvalue weighted by Crippen LogP contribution is 2.42. The summed E-state index contributed by atoms with van der Waals surface area (Å²) in [4.78, 5) is 26.5. The summed E-state index contributed by atoms with van der Waals surface area (Å²) in [5, 5.41) is 20.1. The van der Waals surface area contributed by atoms with Gasteiger partial charge in [0.2, 0.25) is 0 Å². The number of nitrogens with two attached hydrogens (primary N) is 1. The molecular formula is C27H28F3N7O3. The van der Waals surface area contributed by atoms with Crippen LogP contribution in [0.15, 0.2) is 54.6 Å². The lowest BCUT2D eigenvalue weighted by molar-refractivity contribution is -0.137. The summed E-state index contributed by atoms with van der Waals surface area (Å²) in [6, 6.07) is 13.0. The summed E-state index contributed by atoms with van der Waals surface area (Å²) >= 11 is 0. The Labute approximate surface area is 227 Å². The van der Waals surface area contributed by atoms with Crippen molar-refractivity contribution >= 4 is 40.4 Å². The number of hydrogen-bond acceptors (Lipinski definition) is 5. The zero-order chi connectivity index (χ0) is 29.0. The first-order valence-corrected chi connectivity index (χ1v) is 12.4. The number of nitrogens with zero attached hydrogens (tertiary/aromatic N) is 3. The number of aryl methyl sites for hydroxylation is 1. The van der Waals surface area contributed by atoms with Crippen LogP contribution in [-0.4, -0.2) is 38.5 Å². The number of pyridine rings is 1. The molecule has 210 valence electrons. The van der Waals surface area contributed by atoms with Crippen LogP contribution in [-0.2, 0) is 13.2 Å². The number of anilines is 3. The number of nitrogen functional groups attached to an aromatic ring is 1. The third kappa shape index (κ3) is 6.79. The van der Waals surface area contributed by atoms with Crippen molar-refractivity contribution in [1.82, 2.24) is 20.1 Å². The fourth-order valence-electron chi connectivity index (χ4n) is 4.06. The molecule has 4 aromatic rings. The van der Waals surface area contributed by atoms with E-state index >= 15 is 0 Å². The third-order valence-corrected chi connectivity index (χ3v) is 6.07. The first-order chi connectivity index (χ1) is 19.0. The molecule has 0 spiro atoms. The maximum absolute atomic E-state index is 12.9. The minimum Gasteiger partial charge on any atom is -0.465 e. The Morgan fingerprint density at radius 1 is 1.07 bits per heavy atom. The van der Waals surface area contributed by atoms with Gasteiger partial charge in [0.15, 0.2) is 11.5 Å². The molecule has 5 rings (SSSR count). The average Bonchev–Trinajstić information content (AvgIpc) is 3.70. The van der Waals surface area contributed by atoms with E-state index in [-0.39, 0.29) is 5.69 Å². The van der Waals surface area contributed by atoms with Crippen LogP contribution in [0.25, 0.3) is 22.2 Å². The van der Waals surface area contributed by atoms with Crippen LogP contribution >= 0.6 is 0 Å². The highest BCUT2D eigenvalue weighted by Gasteiger charge is 2.30. The van der Waals surface area contributed by atoms with Gasteiger partial charge in [-0.2, -0.15) is 18.3 Å². The molecule has 2 aromatic heterocycles. The minimum atomic E-state index is -4.49. The van der Waals surface area contributed by atoms with Crippen molar-refractivity contribution in [3.05, 3.63) is 65.9 Å². The van der Waals surface area contributed by atoms with Gasteiger partial charge in [0, 0.05) is 36.6 Å². The van der Waals surface area contributed by atoms with E-state index in [0.717, 1.165) is 52.8 Å². The number of aromatic nitrogens is 3. The van der Waals surface area contributed by atoms with Crippen LogP contribution in [0.5, 0.6) is 0 Å². The van der Waals surface area contributed by atoms with Gasteiger partial charge in [-0.3, -0.25) is 0 Å². The van der Waals surface area contributed by atoms with E-state index in [9.17, 15) is 22.8 Å². The Bertz CT molecular complexity index is 1530. The maximum Gasteiger partial charge on any atom is 0.416 e. The molecule has 3 amide bonds. The molecule has 0 unspecified atom stereocenters. The Morgan fingerprint density at radius 3 is 2.33 bits per heavy atom. The SMILES string of the molecule is CCNC(=O)O.Cn1nc(N)c2c(-c3ccc(NC(=O)Nc4cccc(C(F)(F)F)c4)cc3)cc(C3CC3)nc21. The molecule has 1 aliphatic carbocycles. The molecule has 0 radical (unpaired) electrons. The third-order valence-electron chi connectivity index (χ3n) is 6.07. The van der Waals surface area contributed by atoms with Gasteiger partial charge in [-0.05, 0) is 67.3 Å². The number of amides is 3. The quantitative estimate of drug-likeness (QED) is 0.203. The van der Waals surface area contributed by atoms with E-state index in [2.05, 4.69) is 21.0 Å². The molecule has 2 aromatic carbocycles. The van der Waals surface area contributed by atoms with E-state index in [0.29, 0.717) is 24.0 Å². The first kappa shape index (κ1) is 28.2. The van der Waals surface area contributed by atoms with Gasteiger partial charge >= 0.3 is 18.3 Å². The fraction of sp³-hybridized carbons (Fsp3) is 0.259. The number of carbonyl (C=O) groups is 2. The van der Waals surface area contributed by atoms with Crippen LogP contribution in [0.1, 0.15) is 36.9 Å². The summed E-state index contributed by atoms with van der Waals surface area (Å²) in [5.41, 5.74) is 9.38. The maximum atomic E-state index is 12.9. The first-order valence-electron chi connectivity index (χ1n) is 12.4. The molecule has 6 N–H and O–H groups in total. The molecule has 0 aliphatic heterocycles. The number of nitrogens with one attached hydrogen (secondary N) is 3. The van der Waals surface area contributed by atoms with E-state index in [1.807, 2.05) is 25.2 Å². The van der Waals surface area contributed by atoms with Crippen LogP contribution in [0.2, 0.25) is 0 Å². The van der Waals surface area contributed by atoms with Gasteiger partial charge in [0.1, 0.15) is 0 Å². The van der Waals surface area contributed by atoms with Crippen molar-refractivity contribution in [3.8, 4) is 11.1 Å². The van der Waals surface area contributed by atoms with Crippen molar-refractivity contribution in [1.29, 1.82) is 0 Å². The predicted molar refractivity (Wildman–Crippen MR) is 146 cm³/mol. The molecule has 40 heavy (non-hydrogen) atoms. The molecule has 1 saturated carbocycles. The monoisotopic (exact) mass is 555 g/mol. The number of benzene rings is 2. The summed E-state index contributed by atoms with van der Waals surface area (Å²) < 4.78 is 40.3. The van der Waals surface area contributed by atoms with E-state index in [1.165, 1.54) is 12.1 Å². The van der Waals surface area contributed by atoms with E-state index in [1.54, 1.807) is 23.7 Å². The van der Waals surface area contributed by atoms with Crippen LogP contribution < -0.4 is 21.7 Å². The molecule has 10 nitrogen and oxygen atoms in total. The van der Waals surface area contributed by atoms with Crippen molar-refractivity contribution in [2.75, 3.05) is 22.9 Å². The van der Waals surface area contributed by atoms with Gasteiger partial charge in [0.05, 0.1) is 10.9 Å². The standard InChI is InChI=1S/C24H21F3N6O.C3H7NO2/c1-33-22-20(21(28)32-33)18(12-19(31-22)14-5-6-14)13-7-9-16(10-8-13)29-23(34)30-17-4-2-3-15(11-17)24(25,26)27;1-2-4-3(5)6/h2-4,7-12,14H,5-6H2,1H3,(H2,28,32)(H2,29,30,34);4H,2H2,1H3,(H,5,6). The number of carboxylic acid groups (broad SMARTS) is 1. The molecule has 13 heteroatoms. The second-order valence-electron chi connectivity index (χ2n) is 9.15. The summed E-state index contributed by atoms with van der Waals surface area (Å²) in [5.74, 6) is 0.838. The smallest absolute Gasteiger partial charge is 0.416 e. The number of carbonyl (C=O) groups excluding carboxylic acids is 1. The highest BCUT2D eigenvalue weighted by molar-refractivity contribution is 6.02. The lowest BCUT2D eigenvalue weighted by Gasteiger charge is -2.12. The topological polar surface area (TPSA) is 147 Å². The van der Waals surface area contributed by atoms with Gasteiger partial charge < -0.3 is 26.8 Å². The average molecular weight is 556 g/mol. The summed E-state index contributed by atoms with van der Waals surface area (Å²) in [6.07, 6.45) is -3.23. The second kappa shape index (κ2) is 11.5. The molecule has 0 atom stereocenters. The number of rotatable bonds is 5. The number of halogens is 3. The summed E-state index contributed by atoms with van der Waals surface area (Å²) in [6.45, 7) is 2.21. The highest BCUT2D eigenvalue weighted by atomic mass is 19.4. The molecule has 0 saturated heterocycles. The molecule has 1 aliphatic rings. The second-order valence-corrected chi connectivity index (χ2v) is 9.15. The van der Waals surface area contributed by atoms with E-state index in [4.69, 9.17) is 15.8 Å². The predicted octanol–water partition coefficient (Wildman–Crippen LogP) is 6.03. The zero-order valence-corrected chi connectivity index (χ0v) is 21.7. The molecule has 0 bridgehead atoms. The van der Waals surface area contributed by atoms with Crippen molar-refractivity contribution in [2.45, 2.75) is 31.9 Å². The summed E-state index contributed by atoms with van der Waals surface area (Å²) in [7, 11) is 1.81. The molecule has 2 heterocycles. The number of alkyl halides is 3. The Kier molecular flexibility index (Phi) is 8.12. The Balaban J connectivity index is 0.000000557. The number of hydrogen-bond donors (Lipinski definition) is 5. The van der Waals surface area contributed by atoms with Crippen molar-refractivity contribution < 1.29 is 27.9 Å². The van der Waals surface area contributed by atoms with Crippen LogP contribution in [0.4, 0.5) is 40.0 Å². The van der Waals surface area contributed by atoms with E-state index < -0.39 is 23.9 Å². The van der Waals surface area contributed by atoms with Gasteiger partial charge in [0.25, 0.3) is 0 Å². The molecular weight excluding hydrogens is 527 g/mol. The Morgan fingerprint density at radius 2 is 1.75 bits per heavy atom. The van der Waals surface area contributed by atoms with Crippen molar-refractivity contribution in [2.24, 2.45) is 7.05 Å². The number of fused-ring (bicyclic) bond motifs is 1.